The fraction of sp³-hybridized carbons (Fsp3) is 0.375. The standard InChI is InChI=1S/C24H27Cl2N3O7/c25-16-6-12(4-5-20(32)13-2-1-3-14(30)8-13)7-17(26)21(16)23(34)29-19(24(35)36)11-28-22(33)18-9-15(31)10-27-18/h1-3,6-8,15,18-20,27,30-32H,4-5,9-11H2,(H,28,33)(H,29,34)(H,35,36). The zero-order chi connectivity index (χ0) is 26.4. The average Bonchev–Trinajstić information content (AvgIpc) is 3.25. The molecule has 0 saturated carbocycles. The van der Waals surface area contributed by atoms with Crippen molar-refractivity contribution in [3.05, 3.63) is 63.1 Å². The van der Waals surface area contributed by atoms with E-state index in [0.717, 1.165) is 0 Å². The number of aromatic hydroxyl groups is 1. The Kier molecular flexibility index (Phi) is 9.52. The van der Waals surface area contributed by atoms with E-state index < -0.39 is 42.1 Å². The summed E-state index contributed by atoms with van der Waals surface area (Å²) in [5.74, 6) is -2.64. The zero-order valence-corrected chi connectivity index (χ0v) is 20.6. The molecule has 1 heterocycles. The first-order valence-corrected chi connectivity index (χ1v) is 12.0. The maximum atomic E-state index is 12.8. The van der Waals surface area contributed by atoms with E-state index in [9.17, 15) is 34.8 Å². The van der Waals surface area contributed by atoms with Gasteiger partial charge in [-0.15, -0.1) is 0 Å². The number of aryl methyl sites for hydroxylation is 1. The van der Waals surface area contributed by atoms with Crippen LogP contribution in [0.4, 0.5) is 0 Å². The van der Waals surface area contributed by atoms with E-state index in [4.69, 9.17) is 23.2 Å². The third-order valence-electron chi connectivity index (χ3n) is 5.80. The lowest BCUT2D eigenvalue weighted by Crippen LogP contribution is -2.51. The van der Waals surface area contributed by atoms with E-state index in [1.807, 2.05) is 0 Å². The second kappa shape index (κ2) is 12.4. The first-order valence-electron chi connectivity index (χ1n) is 11.2. The Morgan fingerprint density at radius 2 is 1.83 bits per heavy atom. The molecule has 1 aliphatic heterocycles. The number of aliphatic carboxylic acids is 1. The molecule has 0 spiro atoms. The largest absolute Gasteiger partial charge is 0.508 e. The molecule has 1 aliphatic rings. The highest BCUT2D eigenvalue weighted by Crippen LogP contribution is 2.29. The smallest absolute Gasteiger partial charge is 0.328 e. The van der Waals surface area contributed by atoms with Gasteiger partial charge in [0.05, 0.1) is 33.9 Å². The van der Waals surface area contributed by atoms with Gasteiger partial charge in [-0.2, -0.15) is 0 Å². The highest BCUT2D eigenvalue weighted by molar-refractivity contribution is 6.39. The van der Waals surface area contributed by atoms with Crippen molar-refractivity contribution >= 4 is 41.0 Å². The molecule has 36 heavy (non-hydrogen) atoms. The maximum Gasteiger partial charge on any atom is 0.328 e. The number of halogens is 2. The number of β-amino-alcohol motifs (C(OH)–C–C–N with tert-alkyl or cyclic N) is 1. The summed E-state index contributed by atoms with van der Waals surface area (Å²) in [7, 11) is 0. The first kappa shape index (κ1) is 27.7. The van der Waals surface area contributed by atoms with Crippen molar-refractivity contribution < 1.29 is 34.8 Å². The first-order chi connectivity index (χ1) is 17.0. The normalized spacial score (nSPS) is 18.9. The number of nitrogens with one attached hydrogen (secondary N) is 3. The summed E-state index contributed by atoms with van der Waals surface area (Å²) in [6.07, 6.45) is -0.621. The lowest BCUT2D eigenvalue weighted by atomic mass is 10.00. The Bertz CT molecular complexity index is 1110. The van der Waals surface area contributed by atoms with E-state index >= 15 is 0 Å². The summed E-state index contributed by atoms with van der Waals surface area (Å²) in [6.45, 7) is -0.118. The van der Waals surface area contributed by atoms with E-state index in [1.165, 1.54) is 24.3 Å². The number of phenols is 1. The van der Waals surface area contributed by atoms with Gasteiger partial charge < -0.3 is 36.4 Å². The summed E-state index contributed by atoms with van der Waals surface area (Å²) in [4.78, 5) is 36.6. The molecule has 2 aromatic carbocycles. The Labute approximate surface area is 217 Å². The highest BCUT2D eigenvalue weighted by atomic mass is 35.5. The third kappa shape index (κ3) is 7.31. The Morgan fingerprint density at radius 1 is 1.14 bits per heavy atom. The van der Waals surface area contributed by atoms with Crippen molar-refractivity contribution in [2.75, 3.05) is 13.1 Å². The quantitative estimate of drug-likeness (QED) is 0.237. The van der Waals surface area contributed by atoms with Crippen LogP contribution in [0.5, 0.6) is 5.75 Å². The summed E-state index contributed by atoms with van der Waals surface area (Å²) in [6, 6.07) is 7.20. The van der Waals surface area contributed by atoms with Crippen molar-refractivity contribution in [2.45, 2.75) is 43.6 Å². The maximum absolute atomic E-state index is 12.8. The monoisotopic (exact) mass is 539 g/mol. The van der Waals surface area contributed by atoms with Crippen LogP contribution in [0.1, 0.15) is 40.4 Å². The molecule has 2 amide bonds. The van der Waals surface area contributed by atoms with Gasteiger partial charge in [0, 0.05) is 13.1 Å². The number of carbonyl (C=O) groups is 3. The number of hydrogen-bond donors (Lipinski definition) is 7. The van der Waals surface area contributed by atoms with Crippen molar-refractivity contribution in [3.63, 3.8) is 0 Å². The summed E-state index contributed by atoms with van der Waals surface area (Å²) < 4.78 is 0. The van der Waals surface area contributed by atoms with Gasteiger partial charge in [0.25, 0.3) is 5.91 Å². The number of carboxylic acid groups (broad SMARTS) is 1. The molecular formula is C24H27Cl2N3O7. The van der Waals surface area contributed by atoms with Crippen LogP contribution in [-0.2, 0) is 16.0 Å². The highest BCUT2D eigenvalue weighted by Gasteiger charge is 2.30. The summed E-state index contributed by atoms with van der Waals surface area (Å²) in [5.41, 5.74) is 1.08. The van der Waals surface area contributed by atoms with Crippen LogP contribution in [-0.4, -0.2) is 69.5 Å². The van der Waals surface area contributed by atoms with Gasteiger partial charge >= 0.3 is 5.97 Å². The van der Waals surface area contributed by atoms with Gasteiger partial charge in [0.15, 0.2) is 0 Å². The van der Waals surface area contributed by atoms with Crippen molar-refractivity contribution in [2.24, 2.45) is 0 Å². The molecule has 12 heteroatoms. The topological polar surface area (TPSA) is 168 Å². The van der Waals surface area contributed by atoms with Gasteiger partial charge in [0.2, 0.25) is 5.91 Å². The van der Waals surface area contributed by atoms with Crippen LogP contribution < -0.4 is 16.0 Å². The third-order valence-corrected chi connectivity index (χ3v) is 6.39. The summed E-state index contributed by atoms with van der Waals surface area (Å²) >= 11 is 12.6. The van der Waals surface area contributed by atoms with Gasteiger partial charge in [-0.25, -0.2) is 4.79 Å². The molecule has 0 radical (unpaired) electrons. The minimum absolute atomic E-state index is 0.000775. The molecule has 0 bridgehead atoms. The van der Waals surface area contributed by atoms with Gasteiger partial charge in [-0.05, 0) is 54.7 Å². The summed E-state index contributed by atoms with van der Waals surface area (Å²) in [5, 5.41) is 46.5. The van der Waals surface area contributed by atoms with Crippen LogP contribution >= 0.6 is 23.2 Å². The van der Waals surface area contributed by atoms with E-state index in [0.29, 0.717) is 24.0 Å². The Morgan fingerprint density at radius 3 is 2.42 bits per heavy atom. The molecule has 2 aromatic rings. The Balaban J connectivity index is 1.61. The zero-order valence-electron chi connectivity index (χ0n) is 19.1. The number of hydrogen-bond acceptors (Lipinski definition) is 7. The van der Waals surface area contributed by atoms with Gasteiger partial charge in [-0.1, -0.05) is 35.3 Å². The van der Waals surface area contributed by atoms with Crippen LogP contribution in [0.3, 0.4) is 0 Å². The van der Waals surface area contributed by atoms with Gasteiger partial charge in [0.1, 0.15) is 11.8 Å². The molecule has 194 valence electrons. The average molecular weight is 540 g/mol. The van der Waals surface area contributed by atoms with Crippen molar-refractivity contribution in [3.8, 4) is 5.75 Å². The van der Waals surface area contributed by atoms with Gasteiger partial charge in [-0.3, -0.25) is 9.59 Å². The molecule has 4 atom stereocenters. The van der Waals surface area contributed by atoms with Crippen molar-refractivity contribution in [1.29, 1.82) is 0 Å². The van der Waals surface area contributed by atoms with E-state index in [1.54, 1.807) is 12.1 Å². The Hall–Kier alpha value is -2.89. The lowest BCUT2D eigenvalue weighted by molar-refractivity contribution is -0.139. The molecule has 1 saturated heterocycles. The number of phenolic OH excluding ortho intramolecular Hbond substituents is 1. The number of aliphatic hydroxyl groups excluding tert-OH is 2. The van der Waals surface area contributed by atoms with E-state index in [-0.39, 0.29) is 40.9 Å². The van der Waals surface area contributed by atoms with Crippen molar-refractivity contribution in [1.82, 2.24) is 16.0 Å². The number of rotatable bonds is 10. The number of amides is 2. The number of carbonyl (C=O) groups excluding carboxylic acids is 2. The second-order valence-corrected chi connectivity index (χ2v) is 9.36. The minimum atomic E-state index is -1.45. The minimum Gasteiger partial charge on any atom is -0.508 e. The molecule has 7 N–H and O–H groups in total. The molecular weight excluding hydrogens is 513 g/mol. The SMILES string of the molecule is O=C(NC(CNC(=O)C1CC(O)CN1)C(=O)O)c1c(Cl)cc(CCC(O)c2cccc(O)c2)cc1Cl. The van der Waals surface area contributed by atoms with Crippen LogP contribution in [0, 0.1) is 0 Å². The fourth-order valence-electron chi connectivity index (χ4n) is 3.86. The molecule has 1 fully saturated rings. The predicted octanol–water partition coefficient (Wildman–Crippen LogP) is 1.39. The number of benzene rings is 2. The predicted molar refractivity (Wildman–Crippen MR) is 132 cm³/mol. The molecule has 0 aromatic heterocycles. The molecule has 4 unspecified atom stereocenters. The van der Waals surface area contributed by atoms with Crippen LogP contribution in [0.25, 0.3) is 0 Å². The lowest BCUT2D eigenvalue weighted by Gasteiger charge is -2.18. The second-order valence-electron chi connectivity index (χ2n) is 8.54. The number of aliphatic hydroxyl groups is 2. The molecule has 0 aliphatic carbocycles. The van der Waals surface area contributed by atoms with Crippen LogP contribution in [0.2, 0.25) is 10.0 Å². The van der Waals surface area contributed by atoms with Crippen LogP contribution in [0.15, 0.2) is 36.4 Å². The molecule has 10 nitrogen and oxygen atoms in total. The molecule has 3 rings (SSSR count). The fourth-order valence-corrected chi connectivity index (χ4v) is 4.57. The number of carboxylic acids is 1. The van der Waals surface area contributed by atoms with E-state index in [2.05, 4.69) is 16.0 Å².